The number of amides is 4. The monoisotopic (exact) mass is 417 g/mol. The number of likely N-dealkylation sites (tertiary alicyclic amines) is 1. The molecule has 7 N–H and O–H groups in total. The van der Waals surface area contributed by atoms with Crippen molar-refractivity contribution in [2.75, 3.05) is 12.3 Å². The quantitative estimate of drug-likeness (QED) is 0.213. The van der Waals surface area contributed by atoms with Crippen molar-refractivity contribution in [2.45, 2.75) is 56.8 Å². The van der Waals surface area contributed by atoms with Gasteiger partial charge < -0.3 is 32.1 Å². The van der Waals surface area contributed by atoms with E-state index in [9.17, 15) is 29.1 Å². The van der Waals surface area contributed by atoms with E-state index in [0.717, 1.165) is 0 Å². The zero-order valence-electron chi connectivity index (χ0n) is 15.6. The maximum Gasteiger partial charge on any atom is 0.326 e. The Bertz CT molecular complexity index is 631. The Morgan fingerprint density at radius 1 is 1.21 bits per heavy atom. The van der Waals surface area contributed by atoms with Crippen LogP contribution in [0.3, 0.4) is 0 Å². The van der Waals surface area contributed by atoms with E-state index in [4.69, 9.17) is 11.5 Å². The Labute approximate surface area is 168 Å². The van der Waals surface area contributed by atoms with Crippen molar-refractivity contribution in [1.82, 2.24) is 15.5 Å². The number of carboxylic acid groups (broad SMARTS) is 1. The number of nitrogens with one attached hydrogen (secondary N) is 2. The smallest absolute Gasteiger partial charge is 0.326 e. The van der Waals surface area contributed by atoms with Crippen LogP contribution in [-0.4, -0.2) is 76.1 Å². The Hall–Kier alpha value is -2.34. The van der Waals surface area contributed by atoms with Crippen LogP contribution in [-0.2, 0) is 24.0 Å². The van der Waals surface area contributed by atoms with Crippen molar-refractivity contribution >= 4 is 42.2 Å². The second kappa shape index (κ2) is 10.9. The van der Waals surface area contributed by atoms with Crippen LogP contribution < -0.4 is 22.1 Å². The first-order valence-corrected chi connectivity index (χ1v) is 9.50. The topological polar surface area (TPSA) is 185 Å². The standard InChI is InChI=1S/C16H27N5O6S/c1-8(19-14(24)9(17)7-28)13(23)20-10(4-5-12(18)22)15(25)21-6-2-3-11(21)16(26)27/h8-11,28H,2-7,17H2,1H3,(H2,18,22)(H,19,24)(H,20,23)(H,26,27). The van der Waals surface area contributed by atoms with Crippen LogP contribution in [0.4, 0.5) is 0 Å². The van der Waals surface area contributed by atoms with Gasteiger partial charge in [-0.3, -0.25) is 19.2 Å². The van der Waals surface area contributed by atoms with Gasteiger partial charge in [-0.1, -0.05) is 0 Å². The average Bonchev–Trinajstić information content (AvgIpc) is 3.13. The molecule has 0 radical (unpaired) electrons. The molecule has 0 spiro atoms. The molecule has 0 aromatic heterocycles. The van der Waals surface area contributed by atoms with Gasteiger partial charge in [-0.05, 0) is 26.2 Å². The lowest BCUT2D eigenvalue weighted by Crippen LogP contribution is -2.56. The summed E-state index contributed by atoms with van der Waals surface area (Å²) in [5.41, 5.74) is 10.7. The van der Waals surface area contributed by atoms with Gasteiger partial charge in [-0.15, -0.1) is 0 Å². The van der Waals surface area contributed by atoms with Crippen molar-refractivity contribution < 1.29 is 29.1 Å². The number of nitrogens with zero attached hydrogens (tertiary/aromatic N) is 1. The molecular weight excluding hydrogens is 390 g/mol. The van der Waals surface area contributed by atoms with E-state index in [1.54, 1.807) is 0 Å². The van der Waals surface area contributed by atoms with Gasteiger partial charge in [-0.25, -0.2) is 4.79 Å². The zero-order valence-corrected chi connectivity index (χ0v) is 16.5. The molecule has 4 unspecified atom stereocenters. The second-order valence-corrected chi connectivity index (χ2v) is 6.98. The van der Waals surface area contributed by atoms with Crippen LogP contribution >= 0.6 is 12.6 Å². The third kappa shape index (κ3) is 6.68. The van der Waals surface area contributed by atoms with Crippen LogP contribution in [0.5, 0.6) is 0 Å². The van der Waals surface area contributed by atoms with Gasteiger partial charge in [0.2, 0.25) is 23.6 Å². The van der Waals surface area contributed by atoms with Gasteiger partial charge in [-0.2, -0.15) is 12.6 Å². The number of aliphatic carboxylic acids is 1. The molecule has 0 aliphatic carbocycles. The molecule has 1 saturated heterocycles. The molecule has 1 heterocycles. The Kier molecular flexibility index (Phi) is 9.19. The minimum Gasteiger partial charge on any atom is -0.480 e. The zero-order chi connectivity index (χ0) is 21.4. The molecule has 1 rings (SSSR count). The molecule has 4 atom stereocenters. The second-order valence-electron chi connectivity index (χ2n) is 6.61. The summed E-state index contributed by atoms with van der Waals surface area (Å²) in [4.78, 5) is 60.6. The molecule has 4 amide bonds. The molecule has 0 aromatic rings. The van der Waals surface area contributed by atoms with Crippen LogP contribution in [0, 0.1) is 0 Å². The van der Waals surface area contributed by atoms with E-state index in [1.165, 1.54) is 11.8 Å². The van der Waals surface area contributed by atoms with Crippen LogP contribution in [0.1, 0.15) is 32.6 Å². The highest BCUT2D eigenvalue weighted by atomic mass is 32.1. The first kappa shape index (κ1) is 23.7. The molecular formula is C16H27N5O6S. The molecule has 12 heteroatoms. The Morgan fingerprint density at radius 3 is 2.39 bits per heavy atom. The average molecular weight is 417 g/mol. The molecule has 0 saturated carbocycles. The van der Waals surface area contributed by atoms with Crippen LogP contribution in [0.25, 0.3) is 0 Å². The maximum absolute atomic E-state index is 12.8. The summed E-state index contributed by atoms with van der Waals surface area (Å²) < 4.78 is 0. The van der Waals surface area contributed by atoms with E-state index in [2.05, 4.69) is 23.3 Å². The number of thiol groups is 1. The molecule has 28 heavy (non-hydrogen) atoms. The number of carboxylic acids is 1. The fourth-order valence-electron chi connectivity index (χ4n) is 2.80. The summed E-state index contributed by atoms with van der Waals surface area (Å²) in [7, 11) is 0. The van der Waals surface area contributed by atoms with E-state index in [-0.39, 0.29) is 25.1 Å². The lowest BCUT2D eigenvalue weighted by molar-refractivity contribution is -0.149. The van der Waals surface area contributed by atoms with Gasteiger partial charge >= 0.3 is 5.97 Å². The summed E-state index contributed by atoms with van der Waals surface area (Å²) in [6.07, 6.45) is 0.575. The number of hydrogen-bond acceptors (Lipinski definition) is 7. The highest BCUT2D eigenvalue weighted by Gasteiger charge is 2.38. The highest BCUT2D eigenvalue weighted by molar-refractivity contribution is 7.80. The third-order valence-electron chi connectivity index (χ3n) is 4.40. The van der Waals surface area contributed by atoms with Crippen LogP contribution in [0.2, 0.25) is 0 Å². The number of primary amides is 1. The van der Waals surface area contributed by atoms with Gasteiger partial charge in [0.25, 0.3) is 0 Å². The van der Waals surface area contributed by atoms with Gasteiger partial charge in [0.15, 0.2) is 0 Å². The van der Waals surface area contributed by atoms with Crippen molar-refractivity contribution in [3.63, 3.8) is 0 Å². The Morgan fingerprint density at radius 2 is 1.86 bits per heavy atom. The Balaban J connectivity index is 2.84. The fourth-order valence-corrected chi connectivity index (χ4v) is 2.96. The number of hydrogen-bond donors (Lipinski definition) is 6. The largest absolute Gasteiger partial charge is 0.480 e. The van der Waals surface area contributed by atoms with Gasteiger partial charge in [0, 0.05) is 18.7 Å². The first-order chi connectivity index (χ1) is 13.1. The summed E-state index contributed by atoms with van der Waals surface area (Å²) in [6, 6.07) is -4.02. The molecule has 1 fully saturated rings. The van der Waals surface area contributed by atoms with E-state index in [0.29, 0.717) is 12.8 Å². The van der Waals surface area contributed by atoms with E-state index < -0.39 is 53.8 Å². The SMILES string of the molecule is CC(NC(=O)C(N)CS)C(=O)NC(CCC(N)=O)C(=O)N1CCCC1C(=O)O. The van der Waals surface area contributed by atoms with Crippen molar-refractivity contribution in [1.29, 1.82) is 0 Å². The first-order valence-electron chi connectivity index (χ1n) is 8.87. The molecule has 11 nitrogen and oxygen atoms in total. The minimum atomic E-state index is -1.14. The van der Waals surface area contributed by atoms with Crippen molar-refractivity contribution in [3.8, 4) is 0 Å². The summed E-state index contributed by atoms with van der Waals surface area (Å²) in [5.74, 6) is -3.57. The van der Waals surface area contributed by atoms with E-state index in [1.807, 2.05) is 0 Å². The third-order valence-corrected chi connectivity index (χ3v) is 4.79. The van der Waals surface area contributed by atoms with Gasteiger partial charge in [0.05, 0.1) is 6.04 Å². The maximum atomic E-state index is 12.8. The van der Waals surface area contributed by atoms with Crippen molar-refractivity contribution in [3.05, 3.63) is 0 Å². The lowest BCUT2D eigenvalue weighted by atomic mass is 10.1. The number of carbonyl (C=O) groups is 5. The van der Waals surface area contributed by atoms with E-state index >= 15 is 0 Å². The highest BCUT2D eigenvalue weighted by Crippen LogP contribution is 2.19. The lowest BCUT2D eigenvalue weighted by Gasteiger charge is -2.28. The number of carbonyl (C=O) groups excluding carboxylic acids is 4. The van der Waals surface area contributed by atoms with Crippen molar-refractivity contribution in [2.24, 2.45) is 11.5 Å². The molecule has 0 bridgehead atoms. The predicted molar refractivity (Wildman–Crippen MR) is 102 cm³/mol. The number of rotatable bonds is 10. The molecule has 0 aromatic carbocycles. The minimum absolute atomic E-state index is 0.0838. The number of nitrogens with two attached hydrogens (primary N) is 2. The van der Waals surface area contributed by atoms with Gasteiger partial charge in [0.1, 0.15) is 18.1 Å². The molecule has 1 aliphatic heterocycles. The molecule has 158 valence electrons. The fraction of sp³-hybridized carbons (Fsp3) is 0.688. The summed E-state index contributed by atoms with van der Waals surface area (Å²) >= 11 is 3.90. The normalized spacial score (nSPS) is 19.4. The van der Waals surface area contributed by atoms with Crippen LogP contribution in [0.15, 0.2) is 0 Å². The molecule has 1 aliphatic rings. The summed E-state index contributed by atoms with van der Waals surface area (Å²) in [6.45, 7) is 1.64. The predicted octanol–water partition coefficient (Wildman–Crippen LogP) is -2.43. The summed E-state index contributed by atoms with van der Waals surface area (Å²) in [5, 5.41) is 14.1.